The third-order valence-electron chi connectivity index (χ3n) is 8.40. The highest BCUT2D eigenvalue weighted by Crippen LogP contribution is 2.40. The number of carbonyl (C=O) groups excluding carboxylic acids is 1. The molecule has 1 aliphatic heterocycles. The van der Waals surface area contributed by atoms with Crippen LogP contribution in [0.25, 0.3) is 22.4 Å². The molecule has 3 aliphatic rings. The molecule has 2 aromatic heterocycles. The van der Waals surface area contributed by atoms with Gasteiger partial charge in [0.1, 0.15) is 5.82 Å². The quantitative estimate of drug-likeness (QED) is 0.308. The van der Waals surface area contributed by atoms with E-state index in [1.54, 1.807) is 0 Å². The minimum absolute atomic E-state index is 0.0670. The van der Waals surface area contributed by atoms with Crippen molar-refractivity contribution in [1.29, 1.82) is 0 Å². The molecule has 1 N–H and O–H groups in total. The van der Waals surface area contributed by atoms with Gasteiger partial charge in [-0.25, -0.2) is 9.97 Å². The molecule has 7 nitrogen and oxygen atoms in total. The molecule has 2 aliphatic carbocycles. The Labute approximate surface area is 233 Å². The van der Waals surface area contributed by atoms with Gasteiger partial charge in [0.05, 0.1) is 12.1 Å². The van der Waals surface area contributed by atoms with Crippen molar-refractivity contribution in [2.75, 3.05) is 22.9 Å². The summed E-state index contributed by atoms with van der Waals surface area (Å²) in [5.74, 6) is 0.00858. The van der Waals surface area contributed by atoms with Gasteiger partial charge >= 0.3 is 5.97 Å². The third-order valence-corrected chi connectivity index (χ3v) is 9.24. The van der Waals surface area contributed by atoms with Crippen LogP contribution in [0.2, 0.25) is 0 Å². The molecule has 1 amide bonds. The van der Waals surface area contributed by atoms with Gasteiger partial charge in [-0.1, -0.05) is 49.9 Å². The van der Waals surface area contributed by atoms with Crippen molar-refractivity contribution < 1.29 is 14.7 Å². The number of thiazole rings is 1. The normalized spacial score (nSPS) is 18.4. The second kappa shape index (κ2) is 11.5. The first-order valence-corrected chi connectivity index (χ1v) is 15.3. The van der Waals surface area contributed by atoms with Crippen molar-refractivity contribution in [1.82, 2.24) is 9.97 Å². The maximum Gasteiger partial charge on any atom is 0.304 e. The van der Waals surface area contributed by atoms with E-state index >= 15 is 0 Å². The average molecular weight is 545 g/mol. The molecular formula is C31H36N4O3S. The molecule has 0 spiro atoms. The molecule has 0 bridgehead atoms. The zero-order chi connectivity index (χ0) is 26.8. The minimum Gasteiger partial charge on any atom is -0.481 e. The fourth-order valence-corrected chi connectivity index (χ4v) is 7.13. The predicted octanol–water partition coefficient (Wildman–Crippen LogP) is 6.64. The van der Waals surface area contributed by atoms with Crippen LogP contribution in [0, 0.1) is 11.8 Å². The van der Waals surface area contributed by atoms with E-state index in [1.165, 1.54) is 37.0 Å². The second-order valence-electron chi connectivity index (χ2n) is 11.3. The lowest BCUT2D eigenvalue weighted by Gasteiger charge is -2.26. The van der Waals surface area contributed by atoms with E-state index < -0.39 is 11.9 Å². The first-order valence-electron chi connectivity index (χ1n) is 14.4. The largest absolute Gasteiger partial charge is 0.481 e. The molecule has 3 heterocycles. The molecule has 6 rings (SSSR count). The number of carboxylic acids is 1. The zero-order valence-corrected chi connectivity index (χ0v) is 23.1. The van der Waals surface area contributed by atoms with E-state index in [4.69, 9.17) is 9.97 Å². The highest BCUT2D eigenvalue weighted by Gasteiger charge is 2.40. The SMILES string of the molecule is O=C(O)C[C@@H](CC1CCCC1)C(=O)N(c1nc(-c2ccccc2-c2ccc(N3CCCC3)nc2)cs1)C1CC1. The van der Waals surface area contributed by atoms with E-state index in [-0.39, 0.29) is 18.4 Å². The lowest BCUT2D eigenvalue weighted by molar-refractivity contribution is -0.141. The van der Waals surface area contributed by atoms with Crippen LogP contribution in [0.3, 0.4) is 0 Å². The lowest BCUT2D eigenvalue weighted by Crippen LogP contribution is -2.39. The topological polar surface area (TPSA) is 86.6 Å². The summed E-state index contributed by atoms with van der Waals surface area (Å²) in [6.45, 7) is 2.13. The van der Waals surface area contributed by atoms with Crippen molar-refractivity contribution in [3.8, 4) is 22.4 Å². The van der Waals surface area contributed by atoms with Crippen molar-refractivity contribution in [3.05, 3.63) is 48.0 Å². The Kier molecular flexibility index (Phi) is 7.64. The van der Waals surface area contributed by atoms with Gasteiger partial charge in [-0.15, -0.1) is 11.3 Å². The van der Waals surface area contributed by atoms with Gasteiger partial charge in [-0.3, -0.25) is 14.5 Å². The van der Waals surface area contributed by atoms with E-state index in [2.05, 4.69) is 29.2 Å². The minimum atomic E-state index is -0.903. The van der Waals surface area contributed by atoms with Gasteiger partial charge in [0.15, 0.2) is 5.13 Å². The summed E-state index contributed by atoms with van der Waals surface area (Å²) in [6, 6.07) is 12.6. The molecule has 1 aromatic carbocycles. The van der Waals surface area contributed by atoms with Crippen LogP contribution in [0.1, 0.15) is 64.2 Å². The maximum absolute atomic E-state index is 13.8. The molecule has 0 radical (unpaired) electrons. The Balaban J connectivity index is 1.26. The van der Waals surface area contributed by atoms with Gasteiger partial charge in [0, 0.05) is 47.8 Å². The molecule has 39 heavy (non-hydrogen) atoms. The fourth-order valence-electron chi connectivity index (χ4n) is 6.23. The molecule has 8 heteroatoms. The number of hydrogen-bond donors (Lipinski definition) is 1. The molecule has 2 saturated carbocycles. The summed E-state index contributed by atoms with van der Waals surface area (Å²) in [5.41, 5.74) is 3.94. The summed E-state index contributed by atoms with van der Waals surface area (Å²) in [7, 11) is 0. The van der Waals surface area contributed by atoms with Crippen LogP contribution in [0.5, 0.6) is 0 Å². The van der Waals surface area contributed by atoms with Crippen LogP contribution < -0.4 is 9.80 Å². The first kappa shape index (κ1) is 26.0. The van der Waals surface area contributed by atoms with E-state index in [1.807, 2.05) is 28.6 Å². The van der Waals surface area contributed by atoms with E-state index in [0.717, 1.165) is 67.0 Å². The van der Waals surface area contributed by atoms with Crippen LogP contribution in [0.15, 0.2) is 48.0 Å². The van der Waals surface area contributed by atoms with Crippen molar-refractivity contribution in [3.63, 3.8) is 0 Å². The van der Waals surface area contributed by atoms with Crippen LogP contribution >= 0.6 is 11.3 Å². The van der Waals surface area contributed by atoms with Gasteiger partial charge in [0.25, 0.3) is 0 Å². The molecule has 3 fully saturated rings. The van der Waals surface area contributed by atoms with Crippen LogP contribution in [-0.2, 0) is 9.59 Å². The summed E-state index contributed by atoms with van der Waals surface area (Å²) in [5, 5.41) is 12.3. The van der Waals surface area contributed by atoms with Gasteiger partial charge in [0.2, 0.25) is 5.91 Å². The Hall–Kier alpha value is -3.26. The van der Waals surface area contributed by atoms with Gasteiger partial charge in [-0.2, -0.15) is 0 Å². The van der Waals surface area contributed by atoms with Crippen LogP contribution in [-0.4, -0.2) is 46.1 Å². The smallest absolute Gasteiger partial charge is 0.304 e. The molecule has 1 saturated heterocycles. The second-order valence-corrected chi connectivity index (χ2v) is 12.1. The summed E-state index contributed by atoms with van der Waals surface area (Å²) in [6.07, 6.45) is 11.4. The number of carbonyl (C=O) groups is 2. The summed E-state index contributed by atoms with van der Waals surface area (Å²) >= 11 is 1.48. The lowest BCUT2D eigenvalue weighted by atomic mass is 9.90. The molecule has 1 atom stereocenters. The number of aromatic nitrogens is 2. The number of rotatable bonds is 10. The molecular weight excluding hydrogens is 508 g/mol. The fraction of sp³-hybridized carbons (Fsp3) is 0.484. The number of pyridine rings is 1. The molecule has 0 unspecified atom stereocenters. The maximum atomic E-state index is 13.8. The summed E-state index contributed by atoms with van der Waals surface area (Å²) < 4.78 is 0. The van der Waals surface area contributed by atoms with E-state index in [0.29, 0.717) is 17.5 Å². The first-order chi connectivity index (χ1) is 19.1. The standard InChI is InChI=1S/C31H36N4O3S/c36-29(37)18-23(17-21-7-1-2-8-21)30(38)35(24-12-13-24)31-33-27(20-39-31)26-10-4-3-9-25(26)22-11-14-28(32-19-22)34-15-5-6-16-34/h3-4,9-11,14,19-21,23-24H,1-2,5-8,12-13,15-18H2,(H,36,37)/t23-/m1/s1. The number of amides is 1. The third kappa shape index (κ3) is 5.86. The summed E-state index contributed by atoms with van der Waals surface area (Å²) in [4.78, 5) is 39.4. The molecule has 204 valence electrons. The van der Waals surface area contributed by atoms with E-state index in [9.17, 15) is 14.7 Å². The van der Waals surface area contributed by atoms with Crippen molar-refractivity contribution in [2.45, 2.75) is 70.3 Å². The predicted molar refractivity (Wildman–Crippen MR) is 155 cm³/mol. The Morgan fingerprint density at radius 3 is 2.41 bits per heavy atom. The highest BCUT2D eigenvalue weighted by molar-refractivity contribution is 7.14. The Morgan fingerprint density at radius 1 is 1.00 bits per heavy atom. The monoisotopic (exact) mass is 544 g/mol. The zero-order valence-electron chi connectivity index (χ0n) is 22.3. The van der Waals surface area contributed by atoms with Crippen molar-refractivity contribution >= 4 is 34.2 Å². The number of benzene rings is 1. The molecule has 3 aromatic rings. The number of nitrogens with zero attached hydrogens (tertiary/aromatic N) is 4. The highest BCUT2D eigenvalue weighted by atomic mass is 32.1. The Bertz CT molecular complexity index is 1310. The van der Waals surface area contributed by atoms with Crippen LogP contribution in [0.4, 0.5) is 10.9 Å². The average Bonchev–Trinajstić information content (AvgIpc) is 3.36. The number of aliphatic carboxylic acids is 1. The van der Waals surface area contributed by atoms with Gasteiger partial charge < -0.3 is 10.0 Å². The number of anilines is 2. The number of hydrogen-bond acceptors (Lipinski definition) is 6. The number of carboxylic acid groups (broad SMARTS) is 1. The Morgan fingerprint density at radius 2 is 1.74 bits per heavy atom. The van der Waals surface area contributed by atoms with Gasteiger partial charge in [-0.05, 0) is 55.7 Å². The van der Waals surface area contributed by atoms with Crippen molar-refractivity contribution in [2.24, 2.45) is 11.8 Å².